The third kappa shape index (κ3) is 7.99. The lowest BCUT2D eigenvalue weighted by molar-refractivity contribution is -0.137. The fourth-order valence-electron chi connectivity index (χ4n) is 5.37. The monoisotopic (exact) mass is 630 g/mol. The normalized spacial score (nSPS) is 12.0. The Bertz CT molecular complexity index is 1900. The molecule has 47 heavy (non-hydrogen) atoms. The van der Waals surface area contributed by atoms with Crippen LogP contribution >= 0.6 is 0 Å². The highest BCUT2D eigenvalue weighted by molar-refractivity contribution is 5.81. The second-order valence-corrected chi connectivity index (χ2v) is 11.2. The Labute approximate surface area is 272 Å². The van der Waals surface area contributed by atoms with Gasteiger partial charge in [0.15, 0.2) is 5.82 Å². The van der Waals surface area contributed by atoms with Gasteiger partial charge < -0.3 is 10.2 Å². The summed E-state index contributed by atoms with van der Waals surface area (Å²) in [4.78, 5) is 11.4. The molecule has 2 heterocycles. The number of rotatable bonds is 11. The molecule has 2 aromatic heterocycles. The quantitative estimate of drug-likeness (QED) is 0.154. The molecular weight excluding hydrogens is 597 g/mol. The first kappa shape index (κ1) is 31.4. The molecule has 9 heteroatoms. The molecule has 6 nitrogen and oxygen atoms in total. The Morgan fingerprint density at radius 1 is 0.745 bits per heavy atom. The van der Waals surface area contributed by atoms with Crippen LogP contribution in [0.4, 0.5) is 24.9 Å². The van der Waals surface area contributed by atoms with Crippen LogP contribution in [0.3, 0.4) is 0 Å². The average molecular weight is 631 g/mol. The molecule has 0 amide bonds. The Kier molecular flexibility index (Phi) is 9.52. The zero-order valence-corrected chi connectivity index (χ0v) is 25.8. The van der Waals surface area contributed by atoms with E-state index in [0.29, 0.717) is 47.4 Å². The van der Waals surface area contributed by atoms with Crippen molar-refractivity contribution in [2.24, 2.45) is 0 Å². The molecule has 0 unspecified atom stereocenters. The van der Waals surface area contributed by atoms with Crippen molar-refractivity contribution in [2.75, 3.05) is 16.8 Å². The number of hydrogen-bond acceptors (Lipinski definition) is 6. The molecular formula is C38H33F3N6. The highest BCUT2D eigenvalue weighted by atomic mass is 19.4. The number of hydrogen-bond donors (Lipinski definition) is 1. The summed E-state index contributed by atoms with van der Waals surface area (Å²) in [6, 6.07) is 38.8. The van der Waals surface area contributed by atoms with E-state index < -0.39 is 11.7 Å². The van der Waals surface area contributed by atoms with Crippen LogP contribution < -0.4 is 10.2 Å². The van der Waals surface area contributed by atoms with Crippen LogP contribution in [0.5, 0.6) is 0 Å². The van der Waals surface area contributed by atoms with E-state index in [1.165, 1.54) is 11.6 Å². The number of halogens is 3. The van der Waals surface area contributed by atoms with Crippen molar-refractivity contribution in [3.05, 3.63) is 156 Å². The van der Waals surface area contributed by atoms with Crippen LogP contribution in [0.15, 0.2) is 134 Å². The molecule has 1 N–H and O–H groups in total. The van der Waals surface area contributed by atoms with Gasteiger partial charge in [-0.1, -0.05) is 103 Å². The van der Waals surface area contributed by atoms with Crippen LogP contribution in [0.25, 0.3) is 22.5 Å². The Balaban J connectivity index is 1.42. The first-order chi connectivity index (χ1) is 22.8. The zero-order chi connectivity index (χ0) is 32.6. The molecule has 236 valence electrons. The summed E-state index contributed by atoms with van der Waals surface area (Å²) in [6.07, 6.45) is -2.11. The zero-order valence-electron chi connectivity index (χ0n) is 25.8. The lowest BCUT2D eigenvalue weighted by Crippen LogP contribution is -2.26. The molecule has 0 spiro atoms. The van der Waals surface area contributed by atoms with E-state index in [-0.39, 0.29) is 6.04 Å². The van der Waals surface area contributed by atoms with E-state index in [2.05, 4.69) is 49.7 Å². The molecule has 1 atom stereocenters. The van der Waals surface area contributed by atoms with Gasteiger partial charge in [0.1, 0.15) is 5.69 Å². The fraction of sp³-hybridized carbons (Fsp3) is 0.158. The summed E-state index contributed by atoms with van der Waals surface area (Å²) in [5.41, 5.74) is 4.21. The summed E-state index contributed by atoms with van der Waals surface area (Å²) >= 11 is 0. The molecule has 0 aliphatic rings. The lowest BCUT2D eigenvalue weighted by Gasteiger charge is -2.25. The molecule has 0 radical (unpaired) electrons. The van der Waals surface area contributed by atoms with E-state index in [1.54, 1.807) is 18.3 Å². The van der Waals surface area contributed by atoms with E-state index in [0.717, 1.165) is 29.7 Å². The number of nitrogens with zero attached hydrogens (tertiary/aromatic N) is 5. The topological polar surface area (TPSA) is 66.8 Å². The lowest BCUT2D eigenvalue weighted by atomic mass is 10.0. The van der Waals surface area contributed by atoms with Gasteiger partial charge in [-0.25, -0.2) is 9.97 Å². The second-order valence-electron chi connectivity index (χ2n) is 11.2. The first-order valence-corrected chi connectivity index (χ1v) is 15.4. The maximum atomic E-state index is 13.8. The van der Waals surface area contributed by atoms with Crippen molar-refractivity contribution in [2.45, 2.75) is 32.1 Å². The second kappa shape index (κ2) is 14.2. The molecule has 0 aliphatic carbocycles. The molecule has 6 rings (SSSR count). The maximum Gasteiger partial charge on any atom is 0.416 e. The van der Waals surface area contributed by atoms with Gasteiger partial charge in [-0.15, -0.1) is 10.2 Å². The van der Waals surface area contributed by atoms with Crippen LogP contribution in [-0.2, 0) is 19.1 Å². The van der Waals surface area contributed by atoms with E-state index in [9.17, 15) is 13.2 Å². The van der Waals surface area contributed by atoms with Gasteiger partial charge in [0.25, 0.3) is 0 Å². The average Bonchev–Trinajstić information content (AvgIpc) is 3.11. The highest BCUT2D eigenvalue weighted by Gasteiger charge is 2.31. The molecule has 4 aromatic carbocycles. The van der Waals surface area contributed by atoms with Gasteiger partial charge in [-0.05, 0) is 54.3 Å². The number of alkyl halides is 3. The summed E-state index contributed by atoms with van der Waals surface area (Å²) in [5, 5.41) is 12.5. The fourth-order valence-corrected chi connectivity index (χ4v) is 5.37. The predicted octanol–water partition coefficient (Wildman–Crippen LogP) is 9.04. The Hall–Kier alpha value is -5.57. The van der Waals surface area contributed by atoms with E-state index in [4.69, 9.17) is 4.98 Å². The standard InChI is InChI=1S/C38H33F3N6/c1-27(30-16-9-4-10-17-30)43-37-42-22-20-34(44-37)33-25-35(45-46-36(33)31-18-11-19-32(24-31)38(39,40)41)47(26-29-14-7-3-8-15-29)23-21-28-12-5-2-6-13-28/h2-20,22,24-25,27H,21,23,26H2,1H3,(H,42,43,44)/t27-/m0/s1. The number of aromatic nitrogens is 4. The summed E-state index contributed by atoms with van der Waals surface area (Å²) in [6.45, 7) is 3.22. The van der Waals surface area contributed by atoms with Gasteiger partial charge in [0.2, 0.25) is 5.95 Å². The SMILES string of the molecule is C[C@H](Nc1nccc(-c2cc(N(CCc3ccccc3)Cc3ccccc3)nnc2-c2cccc(C(F)(F)F)c2)n1)c1ccccc1. The minimum absolute atomic E-state index is 0.0835. The Morgan fingerprint density at radius 3 is 2.13 bits per heavy atom. The van der Waals surface area contributed by atoms with Crippen LogP contribution in [0, 0.1) is 0 Å². The van der Waals surface area contributed by atoms with Gasteiger partial charge >= 0.3 is 6.18 Å². The first-order valence-electron chi connectivity index (χ1n) is 15.4. The molecule has 6 aromatic rings. The molecule has 0 bridgehead atoms. The van der Waals surface area contributed by atoms with Crippen LogP contribution in [0.2, 0.25) is 0 Å². The van der Waals surface area contributed by atoms with Crippen molar-refractivity contribution < 1.29 is 13.2 Å². The van der Waals surface area contributed by atoms with Gasteiger partial charge in [0.05, 0.1) is 17.3 Å². The summed E-state index contributed by atoms with van der Waals surface area (Å²) in [5.74, 6) is 0.971. The van der Waals surface area contributed by atoms with Crippen molar-refractivity contribution >= 4 is 11.8 Å². The van der Waals surface area contributed by atoms with Crippen molar-refractivity contribution in [1.82, 2.24) is 20.2 Å². The summed E-state index contributed by atoms with van der Waals surface area (Å²) < 4.78 is 41.3. The smallest absolute Gasteiger partial charge is 0.350 e. The number of nitrogens with one attached hydrogen (secondary N) is 1. The highest BCUT2D eigenvalue weighted by Crippen LogP contribution is 2.36. The molecule has 0 saturated heterocycles. The molecule has 0 fully saturated rings. The maximum absolute atomic E-state index is 13.8. The minimum Gasteiger partial charge on any atom is -0.350 e. The third-order valence-electron chi connectivity index (χ3n) is 7.87. The largest absolute Gasteiger partial charge is 0.416 e. The molecule has 0 aliphatic heterocycles. The third-order valence-corrected chi connectivity index (χ3v) is 7.87. The number of anilines is 2. The van der Waals surface area contributed by atoms with Gasteiger partial charge in [-0.2, -0.15) is 13.2 Å². The Morgan fingerprint density at radius 2 is 1.43 bits per heavy atom. The summed E-state index contributed by atoms with van der Waals surface area (Å²) in [7, 11) is 0. The minimum atomic E-state index is -4.51. The van der Waals surface area contributed by atoms with Crippen molar-refractivity contribution in [3.63, 3.8) is 0 Å². The van der Waals surface area contributed by atoms with Gasteiger partial charge in [0, 0.05) is 30.4 Å². The van der Waals surface area contributed by atoms with Crippen molar-refractivity contribution in [3.8, 4) is 22.5 Å². The van der Waals surface area contributed by atoms with Crippen LogP contribution in [-0.4, -0.2) is 26.7 Å². The number of benzene rings is 4. The van der Waals surface area contributed by atoms with E-state index in [1.807, 2.05) is 79.7 Å². The molecule has 0 saturated carbocycles. The van der Waals surface area contributed by atoms with Crippen LogP contribution in [0.1, 0.15) is 35.2 Å². The van der Waals surface area contributed by atoms with Crippen molar-refractivity contribution in [1.29, 1.82) is 0 Å². The van der Waals surface area contributed by atoms with Gasteiger partial charge in [-0.3, -0.25) is 0 Å². The predicted molar refractivity (Wildman–Crippen MR) is 180 cm³/mol. The van der Waals surface area contributed by atoms with E-state index >= 15 is 0 Å².